The number of nitrogens with one attached hydrogen (secondary N) is 1. The van der Waals surface area contributed by atoms with Crippen LogP contribution in [0.15, 0.2) is 29.1 Å². The van der Waals surface area contributed by atoms with E-state index in [-0.39, 0.29) is 5.95 Å². The normalized spacial score (nSPS) is 10.3. The highest BCUT2D eigenvalue weighted by molar-refractivity contribution is 5.88. The molecule has 0 aliphatic heterocycles. The van der Waals surface area contributed by atoms with Crippen LogP contribution in [0.2, 0.25) is 0 Å². The van der Waals surface area contributed by atoms with Gasteiger partial charge in [-0.3, -0.25) is 9.78 Å². The molecule has 0 fully saturated rings. The number of hydrogen-bond donors (Lipinski definition) is 2. The van der Waals surface area contributed by atoms with Crippen molar-refractivity contribution in [2.24, 2.45) is 5.84 Å². The summed E-state index contributed by atoms with van der Waals surface area (Å²) in [5.74, 6) is 5.30. The molecule has 0 aliphatic carbocycles. The van der Waals surface area contributed by atoms with E-state index >= 15 is 0 Å². The molecule has 0 radical (unpaired) electrons. The number of anilines is 1. The monoisotopic (exact) mass is 273 g/mol. The minimum absolute atomic E-state index is 0.123. The third-order valence-electron chi connectivity index (χ3n) is 2.85. The zero-order chi connectivity index (χ0) is 14.7. The van der Waals surface area contributed by atoms with Crippen molar-refractivity contribution in [2.75, 3.05) is 5.01 Å². The first-order chi connectivity index (χ1) is 9.52. The Morgan fingerprint density at radius 3 is 2.70 bits per heavy atom. The number of amides is 1. The number of nitrogens with zero attached hydrogens (tertiary/aromatic N) is 3. The lowest BCUT2D eigenvalue weighted by Crippen LogP contribution is -2.38. The zero-order valence-electron chi connectivity index (χ0n) is 11.3. The average molecular weight is 273 g/mol. The largest absolute Gasteiger partial charge is 0.349 e. The average Bonchev–Trinajstić information content (AvgIpc) is 2.45. The van der Waals surface area contributed by atoms with Gasteiger partial charge in [0.1, 0.15) is 5.82 Å². The fourth-order valence-electron chi connectivity index (χ4n) is 1.81. The molecule has 0 spiro atoms. The van der Waals surface area contributed by atoms with E-state index in [1.54, 1.807) is 0 Å². The number of hydrazine groups is 1. The number of nitrogens with two attached hydrogens (primary N) is 1. The van der Waals surface area contributed by atoms with Gasteiger partial charge in [-0.2, -0.15) is 9.97 Å². The second-order valence-electron chi connectivity index (χ2n) is 4.20. The van der Waals surface area contributed by atoms with Gasteiger partial charge >= 0.3 is 5.69 Å². The summed E-state index contributed by atoms with van der Waals surface area (Å²) in [6, 6.07) is 7.54. The third kappa shape index (κ3) is 2.72. The number of hydrogen-bond acceptors (Lipinski definition) is 5. The van der Waals surface area contributed by atoms with Crippen LogP contribution in [0.25, 0.3) is 11.4 Å². The maximum Gasteiger partial charge on any atom is 0.349 e. The molecule has 0 unspecified atom stereocenters. The van der Waals surface area contributed by atoms with E-state index < -0.39 is 11.6 Å². The molecule has 0 aliphatic rings. The lowest BCUT2D eigenvalue weighted by atomic mass is 10.1. The van der Waals surface area contributed by atoms with Gasteiger partial charge in [-0.15, -0.1) is 0 Å². The van der Waals surface area contributed by atoms with E-state index in [1.807, 2.05) is 31.2 Å². The van der Waals surface area contributed by atoms with Crippen molar-refractivity contribution in [3.05, 3.63) is 40.3 Å². The maximum atomic E-state index is 11.6. The van der Waals surface area contributed by atoms with Gasteiger partial charge in [0.2, 0.25) is 5.91 Å². The smallest absolute Gasteiger partial charge is 0.290 e. The highest BCUT2D eigenvalue weighted by Gasteiger charge is 2.14. The molecular formula is C13H15N5O2. The predicted octanol–water partition coefficient (Wildman–Crippen LogP) is 0.621. The van der Waals surface area contributed by atoms with Crippen LogP contribution in [0.4, 0.5) is 5.95 Å². The topological polar surface area (TPSA) is 105 Å². The maximum absolute atomic E-state index is 11.6. The highest BCUT2D eigenvalue weighted by atomic mass is 16.2. The summed E-state index contributed by atoms with van der Waals surface area (Å²) < 4.78 is 0. The van der Waals surface area contributed by atoms with E-state index in [0.29, 0.717) is 5.82 Å². The first-order valence-corrected chi connectivity index (χ1v) is 6.15. The summed E-state index contributed by atoms with van der Waals surface area (Å²) in [6.45, 7) is 3.27. The van der Waals surface area contributed by atoms with Gasteiger partial charge < -0.3 is 0 Å². The molecule has 0 saturated carbocycles. The van der Waals surface area contributed by atoms with Crippen molar-refractivity contribution in [1.82, 2.24) is 15.0 Å². The molecule has 2 rings (SSSR count). The van der Waals surface area contributed by atoms with Crippen LogP contribution in [0.3, 0.4) is 0 Å². The molecule has 1 aromatic heterocycles. The van der Waals surface area contributed by atoms with E-state index in [9.17, 15) is 9.59 Å². The molecule has 3 N–H and O–H groups in total. The number of aryl methyl sites for hydroxylation is 1. The number of aromatic amines is 1. The molecule has 7 nitrogen and oxygen atoms in total. The van der Waals surface area contributed by atoms with Gasteiger partial charge in [0, 0.05) is 12.5 Å². The van der Waals surface area contributed by atoms with Crippen LogP contribution in [0, 0.1) is 0 Å². The van der Waals surface area contributed by atoms with Gasteiger partial charge in [0.25, 0.3) is 5.95 Å². The zero-order valence-corrected chi connectivity index (χ0v) is 11.3. The van der Waals surface area contributed by atoms with Gasteiger partial charge in [0.05, 0.1) is 0 Å². The van der Waals surface area contributed by atoms with E-state index in [1.165, 1.54) is 6.92 Å². The fraction of sp³-hybridized carbons (Fsp3) is 0.231. The van der Waals surface area contributed by atoms with Crippen molar-refractivity contribution >= 4 is 11.9 Å². The Bertz CT molecular complexity index is 695. The van der Waals surface area contributed by atoms with Crippen LogP contribution in [0.1, 0.15) is 19.4 Å². The molecule has 1 aromatic carbocycles. The van der Waals surface area contributed by atoms with Gasteiger partial charge in [0.15, 0.2) is 0 Å². The van der Waals surface area contributed by atoms with Crippen LogP contribution in [-0.4, -0.2) is 20.9 Å². The third-order valence-corrected chi connectivity index (χ3v) is 2.85. The number of rotatable bonds is 3. The first kappa shape index (κ1) is 13.9. The number of aromatic nitrogens is 3. The van der Waals surface area contributed by atoms with Crippen molar-refractivity contribution in [2.45, 2.75) is 20.3 Å². The Kier molecular flexibility index (Phi) is 3.90. The lowest BCUT2D eigenvalue weighted by Gasteiger charge is -2.13. The Balaban J connectivity index is 2.58. The van der Waals surface area contributed by atoms with Crippen LogP contribution in [-0.2, 0) is 11.2 Å². The Labute approximate surface area is 115 Å². The summed E-state index contributed by atoms with van der Waals surface area (Å²) in [6.07, 6.45) is 0.788. The molecule has 7 heteroatoms. The highest BCUT2D eigenvalue weighted by Crippen LogP contribution is 2.20. The summed E-state index contributed by atoms with van der Waals surface area (Å²) in [4.78, 5) is 33.1. The quantitative estimate of drug-likeness (QED) is 0.484. The summed E-state index contributed by atoms with van der Waals surface area (Å²) in [5, 5.41) is 0.743. The molecule has 2 aromatic rings. The number of carbonyl (C=O) groups excluding carboxylic acids is 1. The minimum atomic E-state index is -0.604. The Morgan fingerprint density at radius 1 is 1.35 bits per heavy atom. The molecule has 1 amide bonds. The summed E-state index contributed by atoms with van der Waals surface area (Å²) in [5.41, 5.74) is 1.21. The fourth-order valence-corrected chi connectivity index (χ4v) is 1.81. The molecule has 0 atom stereocenters. The minimum Gasteiger partial charge on any atom is -0.290 e. The van der Waals surface area contributed by atoms with Crippen molar-refractivity contribution in [1.29, 1.82) is 0 Å². The van der Waals surface area contributed by atoms with E-state index in [4.69, 9.17) is 5.84 Å². The van der Waals surface area contributed by atoms with Crippen LogP contribution < -0.4 is 16.5 Å². The Hall–Kier alpha value is -2.54. The molecule has 20 heavy (non-hydrogen) atoms. The Morgan fingerprint density at radius 2 is 2.05 bits per heavy atom. The van der Waals surface area contributed by atoms with Gasteiger partial charge in [-0.1, -0.05) is 31.2 Å². The molecule has 1 heterocycles. The SMILES string of the molecule is CCc1ccccc1-c1nc(N(N)C(C)=O)nc(=O)[nH]1. The molecular weight excluding hydrogens is 258 g/mol. The van der Waals surface area contributed by atoms with Gasteiger partial charge in [-0.25, -0.2) is 15.6 Å². The van der Waals surface area contributed by atoms with Crippen LogP contribution >= 0.6 is 0 Å². The first-order valence-electron chi connectivity index (χ1n) is 6.15. The molecule has 0 bridgehead atoms. The second kappa shape index (κ2) is 5.62. The van der Waals surface area contributed by atoms with Crippen molar-refractivity contribution < 1.29 is 4.79 Å². The summed E-state index contributed by atoms with van der Waals surface area (Å²) >= 11 is 0. The number of carbonyl (C=O) groups is 1. The standard InChI is InChI=1S/C13H15N5O2/c1-3-9-6-4-5-7-10(9)11-15-12(17-13(20)16-11)18(14)8(2)19/h4-7H,3,14H2,1-2H3,(H,15,16,17,20). The number of benzene rings is 1. The molecule has 104 valence electrons. The molecule has 0 saturated heterocycles. The predicted molar refractivity (Wildman–Crippen MR) is 74.8 cm³/mol. The number of H-pyrrole nitrogens is 1. The van der Waals surface area contributed by atoms with E-state index in [0.717, 1.165) is 22.6 Å². The lowest BCUT2D eigenvalue weighted by molar-refractivity contribution is -0.116. The van der Waals surface area contributed by atoms with E-state index in [2.05, 4.69) is 15.0 Å². The van der Waals surface area contributed by atoms with Crippen molar-refractivity contribution in [3.63, 3.8) is 0 Å². The second-order valence-corrected chi connectivity index (χ2v) is 4.20. The van der Waals surface area contributed by atoms with Crippen LogP contribution in [0.5, 0.6) is 0 Å². The summed E-state index contributed by atoms with van der Waals surface area (Å²) in [7, 11) is 0. The van der Waals surface area contributed by atoms with Crippen molar-refractivity contribution in [3.8, 4) is 11.4 Å². The van der Waals surface area contributed by atoms with Gasteiger partial charge in [-0.05, 0) is 12.0 Å².